The van der Waals surface area contributed by atoms with Crippen molar-refractivity contribution >= 4 is 5.69 Å². The Morgan fingerprint density at radius 2 is 2.38 bits per heavy atom. The molecule has 1 fully saturated rings. The Balaban J connectivity index is 1.82. The lowest BCUT2D eigenvalue weighted by molar-refractivity contribution is 0.150. The van der Waals surface area contributed by atoms with E-state index in [1.165, 1.54) is 19.4 Å². The van der Waals surface area contributed by atoms with Crippen molar-refractivity contribution < 1.29 is 4.74 Å². The second-order valence-corrected chi connectivity index (χ2v) is 4.65. The molecule has 1 aliphatic heterocycles. The highest BCUT2D eigenvalue weighted by Gasteiger charge is 2.17. The molecular formula is C13H20N2O. The number of ether oxygens (including phenoxy) is 1. The van der Waals surface area contributed by atoms with E-state index >= 15 is 0 Å². The largest absolute Gasteiger partial charge is 0.493 e. The number of likely N-dealkylation sites (tertiary alicyclic amines) is 1. The van der Waals surface area contributed by atoms with Crippen molar-refractivity contribution in [1.29, 1.82) is 0 Å². The summed E-state index contributed by atoms with van der Waals surface area (Å²) in [7, 11) is 2.17. The molecule has 0 aliphatic carbocycles. The molecule has 1 aliphatic rings. The van der Waals surface area contributed by atoms with Crippen LogP contribution in [-0.4, -0.2) is 31.6 Å². The predicted octanol–water partition coefficient (Wildman–Crippen LogP) is 1.99. The summed E-state index contributed by atoms with van der Waals surface area (Å²) in [5.41, 5.74) is 6.46. The van der Waals surface area contributed by atoms with E-state index in [1.807, 2.05) is 24.3 Å². The summed E-state index contributed by atoms with van der Waals surface area (Å²) in [4.78, 5) is 2.37. The Bertz CT molecular complexity index is 340. The van der Waals surface area contributed by atoms with Crippen molar-refractivity contribution in [2.24, 2.45) is 5.92 Å². The zero-order valence-corrected chi connectivity index (χ0v) is 9.86. The third-order valence-electron chi connectivity index (χ3n) is 3.07. The monoisotopic (exact) mass is 220 g/mol. The molecule has 0 aromatic heterocycles. The van der Waals surface area contributed by atoms with Gasteiger partial charge in [-0.1, -0.05) is 6.07 Å². The quantitative estimate of drug-likeness (QED) is 0.792. The van der Waals surface area contributed by atoms with E-state index in [9.17, 15) is 0 Å². The van der Waals surface area contributed by atoms with Crippen LogP contribution in [0.3, 0.4) is 0 Å². The first kappa shape index (κ1) is 11.3. The highest BCUT2D eigenvalue weighted by Crippen LogP contribution is 2.19. The molecular weight excluding hydrogens is 200 g/mol. The van der Waals surface area contributed by atoms with Gasteiger partial charge in [0.25, 0.3) is 0 Å². The Kier molecular flexibility index (Phi) is 3.67. The highest BCUT2D eigenvalue weighted by molar-refractivity contribution is 5.43. The van der Waals surface area contributed by atoms with Gasteiger partial charge >= 0.3 is 0 Å². The van der Waals surface area contributed by atoms with E-state index in [4.69, 9.17) is 10.5 Å². The van der Waals surface area contributed by atoms with Crippen LogP contribution in [0.5, 0.6) is 5.75 Å². The van der Waals surface area contributed by atoms with E-state index in [0.29, 0.717) is 5.92 Å². The van der Waals surface area contributed by atoms with Gasteiger partial charge in [-0.05, 0) is 38.6 Å². The van der Waals surface area contributed by atoms with Gasteiger partial charge in [0.15, 0.2) is 0 Å². The molecule has 1 aromatic carbocycles. The SMILES string of the molecule is CN1CCCC(COc2cccc(N)c2)C1. The number of hydrogen-bond acceptors (Lipinski definition) is 3. The van der Waals surface area contributed by atoms with Gasteiger partial charge < -0.3 is 15.4 Å². The first-order chi connectivity index (χ1) is 7.74. The van der Waals surface area contributed by atoms with Crippen LogP contribution in [0, 0.1) is 5.92 Å². The highest BCUT2D eigenvalue weighted by atomic mass is 16.5. The number of nitrogens with two attached hydrogens (primary N) is 1. The molecule has 1 atom stereocenters. The molecule has 0 amide bonds. The second-order valence-electron chi connectivity index (χ2n) is 4.65. The average Bonchev–Trinajstić information content (AvgIpc) is 2.27. The lowest BCUT2D eigenvalue weighted by Crippen LogP contribution is -2.34. The molecule has 1 aromatic rings. The van der Waals surface area contributed by atoms with E-state index in [-0.39, 0.29) is 0 Å². The first-order valence-electron chi connectivity index (χ1n) is 5.91. The van der Waals surface area contributed by atoms with E-state index in [1.54, 1.807) is 0 Å². The molecule has 1 saturated heterocycles. The Hall–Kier alpha value is -1.22. The number of anilines is 1. The fraction of sp³-hybridized carbons (Fsp3) is 0.538. The van der Waals surface area contributed by atoms with Crippen molar-refractivity contribution in [2.45, 2.75) is 12.8 Å². The molecule has 0 radical (unpaired) electrons. The third-order valence-corrected chi connectivity index (χ3v) is 3.07. The van der Waals surface area contributed by atoms with Crippen LogP contribution in [0.25, 0.3) is 0 Å². The number of nitrogen functional groups attached to an aromatic ring is 1. The maximum Gasteiger partial charge on any atom is 0.121 e. The Morgan fingerprint density at radius 1 is 1.50 bits per heavy atom. The molecule has 16 heavy (non-hydrogen) atoms. The summed E-state index contributed by atoms with van der Waals surface area (Å²) in [6, 6.07) is 7.65. The summed E-state index contributed by atoms with van der Waals surface area (Å²) in [5.74, 6) is 1.54. The molecule has 2 rings (SSSR count). The Morgan fingerprint density at radius 3 is 3.12 bits per heavy atom. The minimum Gasteiger partial charge on any atom is -0.493 e. The van der Waals surface area contributed by atoms with Crippen molar-refractivity contribution in [3.8, 4) is 5.75 Å². The predicted molar refractivity (Wildman–Crippen MR) is 66.6 cm³/mol. The lowest BCUT2D eigenvalue weighted by atomic mass is 10.00. The molecule has 0 bridgehead atoms. The van der Waals surface area contributed by atoms with Gasteiger partial charge in [0.2, 0.25) is 0 Å². The number of hydrogen-bond donors (Lipinski definition) is 1. The van der Waals surface area contributed by atoms with Crippen molar-refractivity contribution in [2.75, 3.05) is 32.5 Å². The minimum atomic E-state index is 0.653. The van der Waals surface area contributed by atoms with Gasteiger partial charge in [-0.15, -0.1) is 0 Å². The van der Waals surface area contributed by atoms with Crippen molar-refractivity contribution in [1.82, 2.24) is 4.90 Å². The van der Waals surface area contributed by atoms with Crippen LogP contribution in [0.2, 0.25) is 0 Å². The van der Waals surface area contributed by atoms with Crippen LogP contribution < -0.4 is 10.5 Å². The Labute approximate surface area is 97.2 Å². The van der Waals surface area contributed by atoms with Gasteiger partial charge in [-0.2, -0.15) is 0 Å². The smallest absolute Gasteiger partial charge is 0.121 e. The molecule has 3 nitrogen and oxygen atoms in total. The van der Waals surface area contributed by atoms with Crippen LogP contribution in [0.4, 0.5) is 5.69 Å². The summed E-state index contributed by atoms with van der Waals surface area (Å²) in [6.45, 7) is 3.16. The van der Waals surface area contributed by atoms with Crippen LogP contribution in [0.1, 0.15) is 12.8 Å². The zero-order valence-electron chi connectivity index (χ0n) is 9.86. The maximum absolute atomic E-state index is 5.77. The summed E-state index contributed by atoms with van der Waals surface area (Å²) in [5, 5.41) is 0. The normalized spacial score (nSPS) is 21.9. The van der Waals surface area contributed by atoms with E-state index in [2.05, 4.69) is 11.9 Å². The van der Waals surface area contributed by atoms with Gasteiger partial charge in [-0.25, -0.2) is 0 Å². The van der Waals surface area contributed by atoms with Gasteiger partial charge in [0.05, 0.1) is 6.61 Å². The number of nitrogens with zero attached hydrogens (tertiary/aromatic N) is 1. The van der Waals surface area contributed by atoms with Crippen molar-refractivity contribution in [3.05, 3.63) is 24.3 Å². The zero-order chi connectivity index (χ0) is 11.4. The topological polar surface area (TPSA) is 38.5 Å². The third kappa shape index (κ3) is 3.14. The number of rotatable bonds is 3. The molecule has 1 heterocycles. The lowest BCUT2D eigenvalue weighted by Gasteiger charge is -2.29. The molecule has 1 unspecified atom stereocenters. The number of piperidine rings is 1. The van der Waals surface area contributed by atoms with Crippen LogP contribution in [0.15, 0.2) is 24.3 Å². The maximum atomic E-state index is 5.77. The van der Waals surface area contributed by atoms with Crippen LogP contribution in [-0.2, 0) is 0 Å². The molecule has 0 saturated carbocycles. The van der Waals surface area contributed by atoms with Crippen molar-refractivity contribution in [3.63, 3.8) is 0 Å². The first-order valence-corrected chi connectivity index (χ1v) is 5.91. The van der Waals surface area contributed by atoms with E-state index in [0.717, 1.165) is 24.6 Å². The molecule has 2 N–H and O–H groups in total. The fourth-order valence-electron chi connectivity index (χ4n) is 2.23. The van der Waals surface area contributed by atoms with E-state index < -0.39 is 0 Å². The fourth-order valence-corrected chi connectivity index (χ4v) is 2.23. The molecule has 0 spiro atoms. The molecule has 3 heteroatoms. The van der Waals surface area contributed by atoms with Gasteiger partial charge in [-0.3, -0.25) is 0 Å². The minimum absolute atomic E-state index is 0.653. The number of benzene rings is 1. The average molecular weight is 220 g/mol. The second kappa shape index (κ2) is 5.21. The summed E-state index contributed by atoms with van der Waals surface area (Å²) < 4.78 is 5.77. The summed E-state index contributed by atoms with van der Waals surface area (Å²) in [6.07, 6.45) is 2.55. The van der Waals surface area contributed by atoms with Crippen LogP contribution >= 0.6 is 0 Å². The van der Waals surface area contributed by atoms with Gasteiger partial charge in [0.1, 0.15) is 5.75 Å². The summed E-state index contributed by atoms with van der Waals surface area (Å²) >= 11 is 0. The standard InChI is InChI=1S/C13H20N2O/c1-15-7-3-4-11(9-15)10-16-13-6-2-5-12(14)8-13/h2,5-6,8,11H,3-4,7,9-10,14H2,1H3. The van der Waals surface area contributed by atoms with Gasteiger partial charge in [0, 0.05) is 24.2 Å². The molecule has 88 valence electrons.